The van der Waals surface area contributed by atoms with Crippen molar-refractivity contribution in [3.8, 4) is 11.5 Å². The van der Waals surface area contributed by atoms with E-state index in [0.717, 1.165) is 0 Å². The molecule has 20 heavy (non-hydrogen) atoms. The monoisotopic (exact) mass is 290 g/mol. The second-order valence-electron chi connectivity index (χ2n) is 4.57. The summed E-state index contributed by atoms with van der Waals surface area (Å²) in [6.45, 7) is -2.84. The molecule has 0 atom stereocenters. The van der Waals surface area contributed by atoms with Gasteiger partial charge in [0.15, 0.2) is 24.7 Å². The standard InChI is InChI=1S/C12H10F4N2O2/c13-11(14)4-19-8-1-6-3-18-10(17)7(6)2-9(8)20-5-12(11,15)16/h1-3,18H,4-5,17H2. The molecule has 1 aromatic carbocycles. The van der Waals surface area contributed by atoms with Gasteiger partial charge in [-0.15, -0.1) is 0 Å². The summed E-state index contributed by atoms with van der Waals surface area (Å²) in [5, 5.41) is 1.16. The van der Waals surface area contributed by atoms with Crippen molar-refractivity contribution >= 4 is 16.6 Å². The highest BCUT2D eigenvalue weighted by Crippen LogP contribution is 2.41. The number of aromatic amines is 1. The maximum absolute atomic E-state index is 13.3. The average molecular weight is 290 g/mol. The van der Waals surface area contributed by atoms with Crippen LogP contribution in [-0.4, -0.2) is 30.0 Å². The smallest absolute Gasteiger partial charge is 0.346 e. The van der Waals surface area contributed by atoms with Crippen molar-refractivity contribution in [1.82, 2.24) is 4.98 Å². The third-order valence-corrected chi connectivity index (χ3v) is 3.14. The number of fused-ring (bicyclic) bond motifs is 2. The Hall–Kier alpha value is -2.12. The molecule has 0 saturated carbocycles. The highest BCUT2D eigenvalue weighted by atomic mass is 19.3. The van der Waals surface area contributed by atoms with E-state index in [2.05, 4.69) is 4.98 Å². The lowest BCUT2D eigenvalue weighted by Crippen LogP contribution is -2.50. The highest BCUT2D eigenvalue weighted by molar-refractivity contribution is 5.94. The van der Waals surface area contributed by atoms with Gasteiger partial charge >= 0.3 is 11.8 Å². The number of rotatable bonds is 0. The molecule has 0 radical (unpaired) electrons. The van der Waals surface area contributed by atoms with Gasteiger partial charge in [0, 0.05) is 17.0 Å². The Kier molecular flexibility index (Phi) is 2.54. The van der Waals surface area contributed by atoms with Crippen molar-refractivity contribution in [2.75, 3.05) is 18.9 Å². The van der Waals surface area contributed by atoms with Crippen LogP contribution in [0.5, 0.6) is 11.5 Å². The van der Waals surface area contributed by atoms with Gasteiger partial charge in [-0.2, -0.15) is 17.6 Å². The van der Waals surface area contributed by atoms with Gasteiger partial charge in [-0.25, -0.2) is 0 Å². The first kappa shape index (κ1) is 12.9. The third-order valence-electron chi connectivity index (χ3n) is 3.14. The maximum atomic E-state index is 13.3. The molecule has 0 fully saturated rings. The van der Waals surface area contributed by atoms with E-state index in [1.165, 1.54) is 12.1 Å². The van der Waals surface area contributed by atoms with Gasteiger partial charge in [-0.3, -0.25) is 0 Å². The Morgan fingerprint density at radius 2 is 1.55 bits per heavy atom. The minimum Gasteiger partial charge on any atom is -0.483 e. The zero-order valence-corrected chi connectivity index (χ0v) is 10.1. The molecule has 0 aliphatic carbocycles. The number of alkyl halides is 4. The van der Waals surface area contributed by atoms with Gasteiger partial charge < -0.3 is 20.2 Å². The molecular weight excluding hydrogens is 280 g/mol. The first-order valence-corrected chi connectivity index (χ1v) is 5.72. The quantitative estimate of drug-likeness (QED) is 0.733. The maximum Gasteiger partial charge on any atom is 0.346 e. The molecule has 0 spiro atoms. The van der Waals surface area contributed by atoms with Crippen LogP contribution in [0.4, 0.5) is 23.4 Å². The molecule has 0 bridgehead atoms. The third kappa shape index (κ3) is 1.83. The van der Waals surface area contributed by atoms with E-state index in [-0.39, 0.29) is 11.5 Å². The molecule has 0 amide bonds. The summed E-state index contributed by atoms with van der Waals surface area (Å²) in [4.78, 5) is 2.73. The van der Waals surface area contributed by atoms with Gasteiger partial charge in [-0.05, 0) is 12.1 Å². The first-order valence-electron chi connectivity index (χ1n) is 5.72. The highest BCUT2D eigenvalue weighted by Gasteiger charge is 2.58. The molecule has 1 aliphatic heterocycles. The lowest BCUT2D eigenvalue weighted by molar-refractivity contribution is -0.236. The van der Waals surface area contributed by atoms with Crippen molar-refractivity contribution in [2.24, 2.45) is 0 Å². The van der Waals surface area contributed by atoms with E-state index in [0.29, 0.717) is 16.6 Å². The Morgan fingerprint density at radius 1 is 1.00 bits per heavy atom. The Balaban J connectivity index is 2.06. The summed E-state index contributed by atoms with van der Waals surface area (Å²) in [7, 11) is 0. The predicted octanol–water partition coefficient (Wildman–Crippen LogP) is 2.79. The summed E-state index contributed by atoms with van der Waals surface area (Å²) >= 11 is 0. The second kappa shape index (κ2) is 3.94. The van der Waals surface area contributed by atoms with Crippen LogP contribution in [0.25, 0.3) is 10.8 Å². The largest absolute Gasteiger partial charge is 0.483 e. The number of nitrogens with one attached hydrogen (secondary N) is 1. The van der Waals surface area contributed by atoms with Crippen molar-refractivity contribution in [3.63, 3.8) is 0 Å². The topological polar surface area (TPSA) is 60.3 Å². The number of hydrogen-bond donors (Lipinski definition) is 2. The fraction of sp³-hybridized carbons (Fsp3) is 0.333. The van der Waals surface area contributed by atoms with Crippen LogP contribution in [-0.2, 0) is 0 Å². The molecule has 8 heteroatoms. The summed E-state index contributed by atoms with van der Waals surface area (Å²) < 4.78 is 62.6. The Labute approximate surface area is 110 Å². The summed E-state index contributed by atoms with van der Waals surface area (Å²) in [6, 6.07) is 2.80. The Morgan fingerprint density at radius 3 is 2.15 bits per heavy atom. The molecule has 2 heterocycles. The molecular formula is C12H10F4N2O2. The Bertz CT molecular complexity index is 669. The van der Waals surface area contributed by atoms with E-state index in [4.69, 9.17) is 15.2 Å². The van der Waals surface area contributed by atoms with Crippen molar-refractivity contribution < 1.29 is 27.0 Å². The molecule has 3 N–H and O–H groups in total. The second-order valence-corrected chi connectivity index (χ2v) is 4.57. The van der Waals surface area contributed by atoms with Gasteiger partial charge in [-0.1, -0.05) is 0 Å². The lowest BCUT2D eigenvalue weighted by Gasteiger charge is -2.29. The lowest BCUT2D eigenvalue weighted by atomic mass is 10.1. The van der Waals surface area contributed by atoms with Gasteiger partial charge in [0.05, 0.1) is 0 Å². The van der Waals surface area contributed by atoms with Crippen LogP contribution in [0.3, 0.4) is 0 Å². The van der Waals surface area contributed by atoms with Crippen molar-refractivity contribution in [1.29, 1.82) is 0 Å². The fourth-order valence-corrected chi connectivity index (χ4v) is 1.94. The van der Waals surface area contributed by atoms with Crippen LogP contribution in [0.1, 0.15) is 0 Å². The predicted molar refractivity (Wildman–Crippen MR) is 63.6 cm³/mol. The molecule has 2 aromatic rings. The van der Waals surface area contributed by atoms with Gasteiger partial charge in [0.25, 0.3) is 0 Å². The van der Waals surface area contributed by atoms with Gasteiger partial charge in [0.2, 0.25) is 0 Å². The molecule has 3 rings (SSSR count). The van der Waals surface area contributed by atoms with E-state index in [1.807, 2.05) is 0 Å². The van der Waals surface area contributed by atoms with Crippen LogP contribution in [0, 0.1) is 0 Å². The number of nitrogen functional groups attached to an aromatic ring is 1. The first-order chi connectivity index (χ1) is 9.30. The molecule has 1 aliphatic rings. The fourth-order valence-electron chi connectivity index (χ4n) is 1.94. The number of nitrogens with two attached hydrogens (primary N) is 1. The summed E-state index contributed by atoms with van der Waals surface area (Å²) in [5.74, 6) is -8.34. The number of ether oxygens (including phenoxy) is 2. The summed E-state index contributed by atoms with van der Waals surface area (Å²) in [6.07, 6.45) is 1.56. The number of aromatic nitrogens is 1. The number of anilines is 1. The zero-order chi connectivity index (χ0) is 14.5. The van der Waals surface area contributed by atoms with E-state index < -0.39 is 25.1 Å². The molecule has 108 valence electrons. The zero-order valence-electron chi connectivity index (χ0n) is 10.1. The molecule has 1 aromatic heterocycles. The molecule has 0 saturated heterocycles. The van der Waals surface area contributed by atoms with Crippen molar-refractivity contribution in [2.45, 2.75) is 11.8 Å². The normalized spacial score (nSPS) is 20.4. The number of hydrogen-bond acceptors (Lipinski definition) is 3. The van der Waals surface area contributed by atoms with Crippen LogP contribution < -0.4 is 15.2 Å². The van der Waals surface area contributed by atoms with E-state index in [1.54, 1.807) is 6.20 Å². The van der Waals surface area contributed by atoms with Crippen LogP contribution in [0.2, 0.25) is 0 Å². The average Bonchev–Trinajstić information content (AvgIpc) is 2.73. The number of H-pyrrole nitrogens is 1. The van der Waals surface area contributed by atoms with Gasteiger partial charge in [0.1, 0.15) is 5.82 Å². The summed E-state index contributed by atoms with van der Waals surface area (Å²) in [5.41, 5.74) is 5.66. The minimum absolute atomic E-state index is 0.0216. The van der Waals surface area contributed by atoms with Crippen molar-refractivity contribution in [3.05, 3.63) is 18.3 Å². The number of benzene rings is 1. The number of halogens is 4. The minimum atomic E-state index is -4.30. The SMILES string of the molecule is Nc1[nH]cc2cc3c(cc12)OCC(F)(F)C(F)(F)CO3. The molecule has 4 nitrogen and oxygen atoms in total. The van der Waals surface area contributed by atoms with Crippen LogP contribution >= 0.6 is 0 Å². The molecule has 0 unspecified atom stereocenters. The van der Waals surface area contributed by atoms with E-state index in [9.17, 15) is 17.6 Å². The van der Waals surface area contributed by atoms with E-state index >= 15 is 0 Å². The van der Waals surface area contributed by atoms with Crippen LogP contribution in [0.15, 0.2) is 18.3 Å².